The highest BCUT2D eigenvalue weighted by Crippen LogP contribution is 2.49. The molecule has 0 unspecified atom stereocenters. The quantitative estimate of drug-likeness (QED) is 0.750. The topological polar surface area (TPSA) is 18.5 Å². The summed E-state index contributed by atoms with van der Waals surface area (Å²) in [4.78, 5) is 0. The van der Waals surface area contributed by atoms with Crippen molar-refractivity contribution in [2.75, 3.05) is 13.7 Å². The third-order valence-corrected chi connectivity index (χ3v) is 5.21. The van der Waals surface area contributed by atoms with Crippen LogP contribution in [0, 0.1) is 23.7 Å². The maximum Gasteiger partial charge on any atom is 0.118 e. The van der Waals surface area contributed by atoms with Gasteiger partial charge in [-0.15, -0.1) is 0 Å². The Labute approximate surface area is 121 Å². The first-order valence-electron chi connectivity index (χ1n) is 7.55. The Morgan fingerprint density at radius 3 is 2.50 bits per heavy atom. The normalized spacial score (nSPS) is 36.4. The smallest absolute Gasteiger partial charge is 0.118 e. The lowest BCUT2D eigenvalue weighted by Crippen LogP contribution is -2.42. The van der Waals surface area contributed by atoms with Crippen LogP contribution in [0.15, 0.2) is 35.9 Å². The Morgan fingerprint density at radius 2 is 1.85 bits per heavy atom. The van der Waals surface area contributed by atoms with Gasteiger partial charge in [-0.2, -0.15) is 0 Å². The highest BCUT2D eigenvalue weighted by molar-refractivity contribution is 5.31. The second-order valence-corrected chi connectivity index (χ2v) is 6.35. The summed E-state index contributed by atoms with van der Waals surface area (Å²) < 4.78 is 11.5. The molecule has 20 heavy (non-hydrogen) atoms. The van der Waals surface area contributed by atoms with Gasteiger partial charge in [0.05, 0.1) is 19.8 Å². The van der Waals surface area contributed by atoms with Crippen molar-refractivity contribution in [3.8, 4) is 5.75 Å². The van der Waals surface area contributed by atoms with Gasteiger partial charge in [-0.25, -0.2) is 0 Å². The van der Waals surface area contributed by atoms with Crippen molar-refractivity contribution in [1.82, 2.24) is 0 Å². The molecule has 0 aromatic heterocycles. The van der Waals surface area contributed by atoms with E-state index in [9.17, 15) is 0 Å². The van der Waals surface area contributed by atoms with Crippen LogP contribution in [0.1, 0.15) is 32.4 Å². The lowest BCUT2D eigenvalue weighted by molar-refractivity contribution is -0.0934. The minimum Gasteiger partial charge on any atom is -0.497 e. The first kappa shape index (κ1) is 13.7. The van der Waals surface area contributed by atoms with E-state index in [2.05, 4.69) is 39.0 Å². The number of methoxy groups -OCH3 is 1. The molecule has 0 radical (unpaired) electrons. The lowest BCUT2D eigenvalue weighted by Gasteiger charge is -2.47. The van der Waals surface area contributed by atoms with E-state index in [0.717, 1.165) is 12.4 Å². The zero-order valence-corrected chi connectivity index (χ0v) is 12.8. The fourth-order valence-electron chi connectivity index (χ4n) is 4.04. The van der Waals surface area contributed by atoms with E-state index < -0.39 is 0 Å². The standard InChI is InChI=1S/C18H24O2/c1-11-9-12(2)17-13(3)16(11)10-20-18(17)14-5-7-15(19-4)8-6-14/h5-9,11,13,16-18H,10H2,1-4H3/t11-,13+,16+,17-,18-/m0/s1. The number of hydrogen-bond acceptors (Lipinski definition) is 2. The van der Waals surface area contributed by atoms with Crippen LogP contribution < -0.4 is 4.74 Å². The predicted octanol–water partition coefficient (Wildman–Crippen LogP) is 4.23. The fraction of sp³-hybridized carbons (Fsp3) is 0.556. The van der Waals surface area contributed by atoms with Crippen molar-refractivity contribution in [2.45, 2.75) is 26.9 Å². The Hall–Kier alpha value is -1.28. The maximum absolute atomic E-state index is 6.23. The van der Waals surface area contributed by atoms with Crippen molar-refractivity contribution in [3.05, 3.63) is 41.5 Å². The van der Waals surface area contributed by atoms with Crippen molar-refractivity contribution in [1.29, 1.82) is 0 Å². The van der Waals surface area contributed by atoms with Crippen molar-refractivity contribution >= 4 is 0 Å². The molecule has 108 valence electrons. The third-order valence-electron chi connectivity index (χ3n) is 5.21. The molecule has 1 aromatic rings. The molecule has 1 aromatic carbocycles. The zero-order chi connectivity index (χ0) is 14.3. The van der Waals surface area contributed by atoms with Crippen molar-refractivity contribution in [2.24, 2.45) is 23.7 Å². The summed E-state index contributed by atoms with van der Waals surface area (Å²) in [6.07, 6.45) is 2.64. The molecular formula is C18H24O2. The number of rotatable bonds is 2. The summed E-state index contributed by atoms with van der Waals surface area (Å²) in [7, 11) is 1.70. The average Bonchev–Trinajstić information content (AvgIpc) is 2.45. The molecule has 2 nitrogen and oxygen atoms in total. The second-order valence-electron chi connectivity index (χ2n) is 6.35. The number of hydrogen-bond donors (Lipinski definition) is 0. The van der Waals surface area contributed by atoms with Gasteiger partial charge in [0.2, 0.25) is 0 Å². The maximum atomic E-state index is 6.23. The molecule has 1 heterocycles. The molecule has 0 amide bonds. The second kappa shape index (κ2) is 5.25. The average molecular weight is 272 g/mol. The molecule has 1 saturated heterocycles. The molecule has 0 N–H and O–H groups in total. The molecule has 5 atom stereocenters. The van der Waals surface area contributed by atoms with Crippen LogP contribution in [-0.2, 0) is 4.74 Å². The van der Waals surface area contributed by atoms with Gasteiger partial charge >= 0.3 is 0 Å². The van der Waals surface area contributed by atoms with Crippen LogP contribution in [0.5, 0.6) is 5.75 Å². The minimum atomic E-state index is 0.191. The predicted molar refractivity (Wildman–Crippen MR) is 80.8 cm³/mol. The van der Waals surface area contributed by atoms with Crippen molar-refractivity contribution < 1.29 is 9.47 Å². The van der Waals surface area contributed by atoms with Gasteiger partial charge in [-0.3, -0.25) is 0 Å². The number of fused-ring (bicyclic) bond motifs is 2. The molecule has 1 aliphatic carbocycles. The van der Waals surface area contributed by atoms with Crippen LogP contribution in [0.4, 0.5) is 0 Å². The highest BCUT2D eigenvalue weighted by atomic mass is 16.5. The van der Waals surface area contributed by atoms with E-state index in [1.807, 2.05) is 12.1 Å². The number of benzene rings is 1. The van der Waals surface area contributed by atoms with Gasteiger partial charge in [0.25, 0.3) is 0 Å². The molecule has 0 saturated carbocycles. The SMILES string of the molecule is COc1ccc([C@@H]2OC[C@H]3[C@@H](C)[C@@H]2C(C)=C[C@@H]3C)cc1. The molecule has 3 rings (SSSR count). The molecule has 1 aliphatic heterocycles. The molecular weight excluding hydrogens is 248 g/mol. The van der Waals surface area contributed by atoms with Crippen molar-refractivity contribution in [3.63, 3.8) is 0 Å². The van der Waals surface area contributed by atoms with E-state index in [-0.39, 0.29) is 6.10 Å². The highest BCUT2D eigenvalue weighted by Gasteiger charge is 2.43. The molecule has 2 bridgehead atoms. The monoisotopic (exact) mass is 272 g/mol. The summed E-state index contributed by atoms with van der Waals surface area (Å²) in [5.74, 6) is 3.41. The molecule has 2 aliphatic rings. The van der Waals surface area contributed by atoms with Gasteiger partial charge in [0, 0.05) is 5.92 Å². The number of ether oxygens (including phenoxy) is 2. The minimum absolute atomic E-state index is 0.191. The van der Waals surface area contributed by atoms with E-state index in [4.69, 9.17) is 9.47 Å². The first-order chi connectivity index (χ1) is 9.61. The Balaban J connectivity index is 1.92. The summed E-state index contributed by atoms with van der Waals surface area (Å²) in [5.41, 5.74) is 2.75. The van der Waals surface area contributed by atoms with Crippen LogP contribution in [0.2, 0.25) is 0 Å². The first-order valence-corrected chi connectivity index (χ1v) is 7.55. The summed E-state index contributed by atoms with van der Waals surface area (Å²) in [6, 6.07) is 8.34. The molecule has 0 spiro atoms. The van der Waals surface area contributed by atoms with Gasteiger partial charge in [0.15, 0.2) is 0 Å². The van der Waals surface area contributed by atoms with E-state index in [1.165, 1.54) is 11.1 Å². The van der Waals surface area contributed by atoms with Gasteiger partial charge in [-0.05, 0) is 42.4 Å². The molecule has 2 heteroatoms. The van der Waals surface area contributed by atoms with Crippen LogP contribution in [0.3, 0.4) is 0 Å². The third kappa shape index (κ3) is 2.16. The Bertz CT molecular complexity index is 503. The van der Waals surface area contributed by atoms with Crippen LogP contribution in [-0.4, -0.2) is 13.7 Å². The summed E-state index contributed by atoms with van der Waals surface area (Å²) in [5, 5.41) is 0. The zero-order valence-electron chi connectivity index (χ0n) is 12.8. The van der Waals surface area contributed by atoms with Gasteiger partial charge in [0.1, 0.15) is 5.75 Å². The lowest BCUT2D eigenvalue weighted by atomic mass is 9.64. The van der Waals surface area contributed by atoms with Crippen LogP contribution >= 0.6 is 0 Å². The summed E-state index contributed by atoms with van der Waals surface area (Å²) >= 11 is 0. The van der Waals surface area contributed by atoms with Gasteiger partial charge in [-0.1, -0.05) is 37.6 Å². The fourth-order valence-corrected chi connectivity index (χ4v) is 4.04. The Kier molecular flexibility index (Phi) is 3.59. The van der Waals surface area contributed by atoms with E-state index in [1.54, 1.807) is 7.11 Å². The number of allylic oxidation sites excluding steroid dienone is 1. The van der Waals surface area contributed by atoms with E-state index >= 15 is 0 Å². The molecule has 1 fully saturated rings. The van der Waals surface area contributed by atoms with E-state index in [0.29, 0.717) is 23.7 Å². The van der Waals surface area contributed by atoms with Gasteiger partial charge < -0.3 is 9.47 Å². The largest absolute Gasteiger partial charge is 0.497 e. The summed E-state index contributed by atoms with van der Waals surface area (Å²) in [6.45, 7) is 7.84. The Morgan fingerprint density at radius 1 is 1.15 bits per heavy atom. The van der Waals surface area contributed by atoms with Crippen LogP contribution in [0.25, 0.3) is 0 Å².